The highest BCUT2D eigenvalue weighted by atomic mass is 19.1. The van der Waals surface area contributed by atoms with Crippen LogP contribution in [0.1, 0.15) is 48.0 Å². The first kappa shape index (κ1) is 19.3. The number of carbonyl (C=O) groups is 1. The average Bonchev–Trinajstić information content (AvgIpc) is 2.76. The van der Waals surface area contributed by atoms with Gasteiger partial charge in [0, 0.05) is 30.2 Å². The largest absolute Gasteiger partial charge is 0.339 e. The molecule has 29 heavy (non-hydrogen) atoms. The molecule has 5 nitrogen and oxygen atoms in total. The van der Waals surface area contributed by atoms with Gasteiger partial charge in [0.05, 0.1) is 6.54 Å². The Bertz CT molecular complexity index is 1100. The van der Waals surface area contributed by atoms with Gasteiger partial charge in [-0.25, -0.2) is 9.37 Å². The number of hydrogen-bond donors (Lipinski definition) is 0. The Morgan fingerprint density at radius 3 is 2.69 bits per heavy atom. The zero-order chi connectivity index (χ0) is 20.4. The van der Waals surface area contributed by atoms with Gasteiger partial charge in [-0.1, -0.05) is 37.5 Å². The van der Waals surface area contributed by atoms with Gasteiger partial charge < -0.3 is 4.90 Å². The van der Waals surface area contributed by atoms with Crippen molar-refractivity contribution in [3.63, 3.8) is 0 Å². The summed E-state index contributed by atoms with van der Waals surface area (Å²) < 4.78 is 15.6. The molecule has 0 bridgehead atoms. The Morgan fingerprint density at radius 1 is 1.17 bits per heavy atom. The highest BCUT2D eigenvalue weighted by molar-refractivity contribution is 5.97. The molecule has 6 heteroatoms. The van der Waals surface area contributed by atoms with E-state index in [1.165, 1.54) is 17.1 Å². The first-order chi connectivity index (χ1) is 14.1. The smallest absolute Gasteiger partial charge is 0.265 e. The third-order valence-corrected chi connectivity index (χ3v) is 5.81. The van der Waals surface area contributed by atoms with Gasteiger partial charge in [-0.15, -0.1) is 0 Å². The van der Waals surface area contributed by atoms with Crippen molar-refractivity contribution in [3.8, 4) is 0 Å². The molecule has 0 unspecified atom stereocenters. The van der Waals surface area contributed by atoms with E-state index < -0.39 is 5.56 Å². The van der Waals surface area contributed by atoms with Crippen LogP contribution in [-0.2, 0) is 6.54 Å². The van der Waals surface area contributed by atoms with Crippen LogP contribution in [-0.4, -0.2) is 33.4 Å². The Morgan fingerprint density at radius 2 is 1.93 bits per heavy atom. The van der Waals surface area contributed by atoms with Crippen molar-refractivity contribution >= 4 is 16.9 Å². The molecule has 1 aliphatic carbocycles. The molecular weight excluding hydrogens is 369 g/mol. The zero-order valence-electron chi connectivity index (χ0n) is 16.5. The molecule has 0 radical (unpaired) electrons. The number of halogens is 1. The Balaban J connectivity index is 1.79. The van der Waals surface area contributed by atoms with Crippen molar-refractivity contribution in [3.05, 3.63) is 76.0 Å². The van der Waals surface area contributed by atoms with E-state index in [9.17, 15) is 14.0 Å². The summed E-state index contributed by atoms with van der Waals surface area (Å²) in [7, 11) is 1.77. The second kappa shape index (κ2) is 8.15. The summed E-state index contributed by atoms with van der Waals surface area (Å²) >= 11 is 0. The molecule has 1 aliphatic rings. The molecule has 0 spiro atoms. The van der Waals surface area contributed by atoms with E-state index in [4.69, 9.17) is 0 Å². The summed E-state index contributed by atoms with van der Waals surface area (Å²) in [6.45, 7) is 0.0211. The lowest BCUT2D eigenvalue weighted by Gasteiger charge is -2.31. The van der Waals surface area contributed by atoms with Gasteiger partial charge in [-0.05, 0) is 37.1 Å². The normalized spacial score (nSPS) is 14.8. The van der Waals surface area contributed by atoms with Crippen molar-refractivity contribution in [2.24, 2.45) is 0 Å². The van der Waals surface area contributed by atoms with E-state index in [1.54, 1.807) is 48.5 Å². The van der Waals surface area contributed by atoms with Gasteiger partial charge >= 0.3 is 0 Å². The molecule has 1 aromatic carbocycles. The predicted octanol–water partition coefficient (Wildman–Crippen LogP) is 3.99. The lowest BCUT2D eigenvalue weighted by atomic mass is 9.94. The van der Waals surface area contributed by atoms with Crippen molar-refractivity contribution in [1.29, 1.82) is 0 Å². The van der Waals surface area contributed by atoms with Crippen LogP contribution in [0.4, 0.5) is 4.39 Å². The molecule has 3 aromatic rings. The molecule has 2 heterocycles. The summed E-state index contributed by atoms with van der Waals surface area (Å²) in [6.07, 6.45) is 6.90. The highest BCUT2D eigenvalue weighted by Gasteiger charge is 2.26. The first-order valence-electron chi connectivity index (χ1n) is 10.1. The molecule has 2 aromatic heterocycles. The second-order valence-corrected chi connectivity index (χ2v) is 7.66. The standard InChI is InChI=1S/C23H24FN3O2/c1-26(18-10-3-2-4-11-18)22(28)19-14-16-9-7-13-25-21(16)27(23(19)29)15-17-8-5-6-12-20(17)24/h5-9,12-14,18H,2-4,10-11,15H2,1H3. The molecule has 0 N–H and O–H groups in total. The molecular formula is C23H24FN3O2. The maximum absolute atomic E-state index is 14.2. The van der Waals surface area contributed by atoms with Crippen LogP contribution in [0, 0.1) is 5.82 Å². The van der Waals surface area contributed by atoms with Crippen LogP contribution in [0.25, 0.3) is 11.0 Å². The molecule has 0 aliphatic heterocycles. The van der Waals surface area contributed by atoms with Crippen LogP contribution in [0.5, 0.6) is 0 Å². The topological polar surface area (TPSA) is 55.2 Å². The summed E-state index contributed by atoms with van der Waals surface area (Å²) in [6, 6.07) is 11.7. The Hall–Kier alpha value is -3.02. The minimum atomic E-state index is -0.438. The monoisotopic (exact) mass is 393 g/mol. The van der Waals surface area contributed by atoms with Gasteiger partial charge in [0.15, 0.2) is 0 Å². The van der Waals surface area contributed by atoms with E-state index in [0.717, 1.165) is 25.7 Å². The minimum absolute atomic E-state index is 0.0211. The summed E-state index contributed by atoms with van der Waals surface area (Å²) in [4.78, 5) is 32.5. The molecule has 150 valence electrons. The fraction of sp³-hybridized carbons (Fsp3) is 0.348. The summed E-state index contributed by atoms with van der Waals surface area (Å²) in [5.74, 6) is -0.672. The maximum Gasteiger partial charge on any atom is 0.265 e. The summed E-state index contributed by atoms with van der Waals surface area (Å²) in [5, 5.41) is 0.684. The second-order valence-electron chi connectivity index (χ2n) is 7.66. The number of pyridine rings is 2. The van der Waals surface area contributed by atoms with Crippen LogP contribution >= 0.6 is 0 Å². The number of rotatable bonds is 4. The van der Waals surface area contributed by atoms with Crippen LogP contribution in [0.2, 0.25) is 0 Å². The first-order valence-corrected chi connectivity index (χ1v) is 10.1. The van der Waals surface area contributed by atoms with E-state index in [2.05, 4.69) is 4.98 Å². The highest BCUT2D eigenvalue weighted by Crippen LogP contribution is 2.23. The molecule has 1 fully saturated rings. The predicted molar refractivity (Wildman–Crippen MR) is 110 cm³/mol. The van der Waals surface area contributed by atoms with Gasteiger partial charge in [-0.2, -0.15) is 0 Å². The number of benzene rings is 1. The quantitative estimate of drug-likeness (QED) is 0.674. The lowest BCUT2D eigenvalue weighted by Crippen LogP contribution is -2.41. The van der Waals surface area contributed by atoms with E-state index in [0.29, 0.717) is 16.6 Å². The lowest BCUT2D eigenvalue weighted by molar-refractivity contribution is 0.0694. The summed E-state index contributed by atoms with van der Waals surface area (Å²) in [5.41, 5.74) is 0.492. The molecule has 1 amide bonds. The average molecular weight is 393 g/mol. The third kappa shape index (κ3) is 3.79. The Kier molecular flexibility index (Phi) is 5.43. The number of hydrogen-bond acceptors (Lipinski definition) is 3. The molecule has 1 saturated carbocycles. The third-order valence-electron chi connectivity index (χ3n) is 5.81. The zero-order valence-corrected chi connectivity index (χ0v) is 16.5. The fourth-order valence-corrected chi connectivity index (χ4v) is 4.13. The van der Waals surface area contributed by atoms with Crippen LogP contribution < -0.4 is 5.56 Å². The van der Waals surface area contributed by atoms with E-state index in [-0.39, 0.29) is 29.9 Å². The Labute approximate surface area is 168 Å². The maximum atomic E-state index is 14.2. The van der Waals surface area contributed by atoms with Gasteiger partial charge in [0.1, 0.15) is 17.0 Å². The van der Waals surface area contributed by atoms with E-state index in [1.807, 2.05) is 6.07 Å². The van der Waals surface area contributed by atoms with Crippen molar-refractivity contribution in [2.45, 2.75) is 44.7 Å². The van der Waals surface area contributed by atoms with Gasteiger partial charge in [0.25, 0.3) is 11.5 Å². The molecule has 4 rings (SSSR count). The SMILES string of the molecule is CN(C(=O)c1cc2cccnc2n(Cc2ccccc2F)c1=O)C1CCCCC1. The number of aromatic nitrogens is 2. The van der Waals surface area contributed by atoms with Crippen molar-refractivity contribution < 1.29 is 9.18 Å². The van der Waals surface area contributed by atoms with Crippen molar-refractivity contribution in [1.82, 2.24) is 14.5 Å². The van der Waals surface area contributed by atoms with Crippen molar-refractivity contribution in [2.75, 3.05) is 7.05 Å². The molecule has 0 atom stereocenters. The number of carbonyl (C=O) groups excluding carboxylic acids is 1. The van der Waals surface area contributed by atoms with Gasteiger partial charge in [0.2, 0.25) is 0 Å². The van der Waals surface area contributed by atoms with Gasteiger partial charge in [-0.3, -0.25) is 14.2 Å². The number of amides is 1. The number of nitrogens with zero attached hydrogens (tertiary/aromatic N) is 3. The minimum Gasteiger partial charge on any atom is -0.339 e. The number of fused-ring (bicyclic) bond motifs is 1. The van der Waals surface area contributed by atoms with E-state index >= 15 is 0 Å². The fourth-order valence-electron chi connectivity index (χ4n) is 4.13. The molecule has 0 saturated heterocycles. The van der Waals surface area contributed by atoms with Crippen LogP contribution in [0.3, 0.4) is 0 Å². The van der Waals surface area contributed by atoms with Crippen LogP contribution in [0.15, 0.2) is 53.5 Å².